The van der Waals surface area contributed by atoms with Crippen molar-refractivity contribution in [3.8, 4) is 5.75 Å². The highest BCUT2D eigenvalue weighted by Crippen LogP contribution is 2.37. The molecule has 85 heavy (non-hydrogen) atoms. The molecule has 1 saturated heterocycles. The van der Waals surface area contributed by atoms with Crippen molar-refractivity contribution >= 4 is 104 Å². The van der Waals surface area contributed by atoms with Gasteiger partial charge >= 0.3 is 5.97 Å². The number of aliphatic hydroxyl groups excluding tert-OH is 3. The fourth-order valence-electron chi connectivity index (χ4n) is 10.6. The van der Waals surface area contributed by atoms with Crippen LogP contribution < -0.4 is 37.6 Å². The lowest BCUT2D eigenvalue weighted by atomic mass is 9.85. The Morgan fingerprint density at radius 1 is 0.882 bits per heavy atom. The van der Waals surface area contributed by atoms with E-state index < -0.39 is 200 Å². The number of phenols is 1. The lowest BCUT2D eigenvalue weighted by Gasteiger charge is -2.32. The zero-order valence-electron chi connectivity index (χ0n) is 48.2. The largest absolute Gasteiger partial charge is 0.508 e. The van der Waals surface area contributed by atoms with E-state index >= 15 is 4.21 Å². The van der Waals surface area contributed by atoms with Crippen molar-refractivity contribution in [2.24, 2.45) is 35.3 Å². The van der Waals surface area contributed by atoms with Crippen molar-refractivity contribution in [3.63, 3.8) is 0 Å². The number of aromatic amines is 1. The molecule has 4 heterocycles. The van der Waals surface area contributed by atoms with Crippen LogP contribution in [0.4, 0.5) is 0 Å². The summed E-state index contributed by atoms with van der Waals surface area (Å²) in [4.78, 5) is 167. The Bertz CT molecular complexity index is 2850. The van der Waals surface area contributed by atoms with E-state index in [0.717, 1.165) is 4.90 Å². The Hall–Kier alpha value is -6.82. The number of amides is 8. The van der Waals surface area contributed by atoms with Crippen LogP contribution in [0.1, 0.15) is 116 Å². The Morgan fingerprint density at radius 2 is 1.59 bits per heavy atom. The molecule has 27 nitrogen and oxygen atoms in total. The van der Waals surface area contributed by atoms with Gasteiger partial charge in [-0.15, -0.1) is 0 Å². The van der Waals surface area contributed by atoms with Gasteiger partial charge in [-0.3, -0.25) is 61.7 Å². The molecule has 14 N–H and O–H groups in total. The first kappa shape index (κ1) is 69.0. The molecule has 2 aromatic rings. The number of nitrogens with zero attached hydrogens (tertiary/aromatic N) is 1. The number of carboxylic acid groups (broad SMARTS) is 1. The van der Waals surface area contributed by atoms with Crippen LogP contribution in [0.5, 0.6) is 5.75 Å². The second-order valence-corrected chi connectivity index (χ2v) is 24.8. The highest BCUT2D eigenvalue weighted by molar-refractivity contribution is 7.98. The van der Waals surface area contributed by atoms with Gasteiger partial charge < -0.3 is 73.1 Å². The van der Waals surface area contributed by atoms with E-state index in [4.69, 9.17) is 10.8 Å². The molecule has 1 fully saturated rings. The predicted molar refractivity (Wildman–Crippen MR) is 308 cm³/mol. The number of benzene rings is 1. The molecule has 2 unspecified atom stereocenters. The number of carboxylic acids is 1. The summed E-state index contributed by atoms with van der Waals surface area (Å²) in [6.45, 7) is 3.85. The van der Waals surface area contributed by atoms with Crippen LogP contribution in [0.2, 0.25) is 0 Å². The fraction of sp³-hybridized carbons (Fsp3) is 0.643. The number of nitrogens with one attached hydrogen (secondary N) is 7. The van der Waals surface area contributed by atoms with Crippen LogP contribution in [0, 0.1) is 29.6 Å². The summed E-state index contributed by atoms with van der Waals surface area (Å²) < 4.78 is 15.2. The molecule has 5 rings (SSSR count). The number of thioether (sulfide) groups is 1. The van der Waals surface area contributed by atoms with E-state index in [9.17, 15) is 78.0 Å². The number of ketones is 3. The minimum Gasteiger partial charge on any atom is -0.508 e. The van der Waals surface area contributed by atoms with Gasteiger partial charge in [0.25, 0.3) is 0 Å². The molecule has 1 aromatic carbocycles. The van der Waals surface area contributed by atoms with Gasteiger partial charge in [0.05, 0.1) is 72.9 Å². The highest BCUT2D eigenvalue weighted by atomic mass is 32.2. The molecule has 0 spiro atoms. The average Bonchev–Trinajstić information content (AvgIpc) is 1.97. The zero-order chi connectivity index (χ0) is 62.8. The first-order chi connectivity index (χ1) is 40.2. The number of nitrogens with two attached hydrogens (primary N) is 1. The number of rotatable bonds is 22. The highest BCUT2D eigenvalue weighted by Gasteiger charge is 2.45. The molecular weight excluding hydrogens is 1150 g/mol. The minimum absolute atomic E-state index is 0.0128. The lowest BCUT2D eigenvalue weighted by Crippen LogP contribution is -2.60. The van der Waals surface area contributed by atoms with Gasteiger partial charge in [-0.25, -0.2) is 0 Å². The molecule has 470 valence electrons. The molecule has 1 aromatic heterocycles. The Labute approximate surface area is 498 Å². The number of aromatic hydroxyl groups is 1. The van der Waals surface area contributed by atoms with Crippen molar-refractivity contribution in [2.45, 2.75) is 158 Å². The van der Waals surface area contributed by atoms with E-state index in [1.165, 1.54) is 37.7 Å². The smallest absolute Gasteiger partial charge is 0.304 e. The van der Waals surface area contributed by atoms with Gasteiger partial charge in [0.15, 0.2) is 11.6 Å². The monoisotopic (exact) mass is 1230 g/mol. The number of H-pyrrole nitrogens is 1. The van der Waals surface area contributed by atoms with Crippen LogP contribution in [0.3, 0.4) is 0 Å². The van der Waals surface area contributed by atoms with Crippen LogP contribution in [-0.4, -0.2) is 191 Å². The predicted octanol–water partition coefficient (Wildman–Crippen LogP) is -1.37. The molecule has 2 bridgehead atoms. The topological polar surface area (TPSA) is 440 Å². The van der Waals surface area contributed by atoms with Crippen molar-refractivity contribution in [1.29, 1.82) is 0 Å². The third-order valence-corrected chi connectivity index (χ3v) is 18.3. The fourth-order valence-corrected chi connectivity index (χ4v) is 12.9. The summed E-state index contributed by atoms with van der Waals surface area (Å²) in [5.74, 6) is -15.4. The van der Waals surface area contributed by atoms with E-state index in [1.54, 1.807) is 13.8 Å². The van der Waals surface area contributed by atoms with Gasteiger partial charge in [-0.1, -0.05) is 40.5 Å². The lowest BCUT2D eigenvalue weighted by molar-refractivity contribution is -0.144. The summed E-state index contributed by atoms with van der Waals surface area (Å²) >= 11 is 1.35. The van der Waals surface area contributed by atoms with Crippen LogP contribution in [0.25, 0.3) is 10.9 Å². The minimum atomic E-state index is -2.46. The van der Waals surface area contributed by atoms with Crippen molar-refractivity contribution in [2.75, 3.05) is 44.3 Å². The Balaban J connectivity index is 1.57. The quantitative estimate of drug-likeness (QED) is 0.0605. The number of carbonyl (C=O) groups excluding carboxylic acids is 11. The second-order valence-electron chi connectivity index (χ2n) is 22.3. The number of phenolic OH excluding ortho intramolecular Hbond substituents is 1. The van der Waals surface area contributed by atoms with E-state index in [-0.39, 0.29) is 63.1 Å². The standard InChI is InChI=1S/C56H81N9O18S2/c1-5-28(2)36-19-33(68)22-59-51(78)31-17-37-35-12-13-42(70)38(26-84-15-9-11-32(67)10-7-6-8-14-58-50(77)29(3)16-47(75)76)49(35)64-55(37)85(83)27-40(61-46(74)23-60-52(36)79)53(80)62-39(21-45(57)73)56(82)65-24-34(69)20-41(65)54(81)63-48(43(71)18-31)30(4)44(72)25-66/h12-13,28-31,34,36,39-41,44,48,64,66,69-70,72H,5-11,14-27H2,1-4H3,(H2,57,73)(H,58,77)(H,59,78)(H,60,79)(H,61,74)(H,62,80)(H,63,81)(H,75,76)/t28-,29?,30-,31+,34+,36-,39-,40-,41-,44-,48-,85?/m0/s1. The van der Waals surface area contributed by atoms with Gasteiger partial charge in [-0.2, -0.15) is 11.8 Å². The third-order valence-electron chi connectivity index (χ3n) is 15.8. The normalized spacial score (nSPS) is 24.8. The zero-order valence-corrected chi connectivity index (χ0v) is 49.9. The van der Waals surface area contributed by atoms with Gasteiger partial charge in [0, 0.05) is 85.6 Å². The maximum atomic E-state index is 15.2. The molecule has 3 aliphatic rings. The summed E-state index contributed by atoms with van der Waals surface area (Å²) in [6.07, 6.45) is -3.00. The SMILES string of the molecule is CC[C@H](C)[C@@H]1CC(=O)CNC(=O)[C@H]2CC(=O)[C@H]([C@@H](C)[C@@H](O)CO)NC(=O)[C@@H]3C[C@@H](O)CN3C(=O)[C@H](CC(N)=O)NC(=O)[C@H](CS(=O)c3[nH]c4c(CSCCCC(=O)CCCCCNC(=O)C(C)CC(=O)O)c(O)ccc4c3C2)NC(=O)CNC1=O. The van der Waals surface area contributed by atoms with Crippen molar-refractivity contribution in [1.82, 2.24) is 41.8 Å². The van der Waals surface area contributed by atoms with Gasteiger partial charge in [-0.05, 0) is 55.1 Å². The number of aliphatic hydroxyl groups is 3. The number of unbranched alkanes of at least 4 members (excludes halogenated alkanes) is 2. The van der Waals surface area contributed by atoms with Crippen LogP contribution in [-0.2, 0) is 80.5 Å². The molecular formula is C56H81N9O18S2. The Kier molecular flexibility index (Phi) is 26.5. The van der Waals surface area contributed by atoms with E-state index in [2.05, 4.69) is 36.9 Å². The third kappa shape index (κ3) is 19.6. The number of hydrogen-bond acceptors (Lipinski definition) is 18. The summed E-state index contributed by atoms with van der Waals surface area (Å²) in [6, 6.07) is -4.22. The maximum absolute atomic E-state index is 15.2. The molecule has 0 saturated carbocycles. The average molecular weight is 1230 g/mol. The summed E-state index contributed by atoms with van der Waals surface area (Å²) in [5.41, 5.74) is 6.17. The molecule has 8 amide bonds. The first-order valence-corrected chi connectivity index (χ1v) is 31.1. The molecule has 0 aliphatic carbocycles. The Morgan fingerprint density at radius 3 is 2.27 bits per heavy atom. The summed E-state index contributed by atoms with van der Waals surface area (Å²) in [7, 11) is -2.46. The first-order valence-electron chi connectivity index (χ1n) is 28.6. The number of aliphatic carboxylic acids is 1. The molecule has 12 atom stereocenters. The van der Waals surface area contributed by atoms with Crippen LogP contribution >= 0.6 is 11.8 Å². The van der Waals surface area contributed by atoms with Gasteiger partial charge in [0.2, 0.25) is 47.3 Å². The molecule has 0 radical (unpaired) electrons. The summed E-state index contributed by atoms with van der Waals surface area (Å²) in [5, 5.41) is 67.5. The van der Waals surface area contributed by atoms with E-state index in [0.29, 0.717) is 50.8 Å². The molecule has 3 aliphatic heterocycles. The van der Waals surface area contributed by atoms with Crippen molar-refractivity contribution < 1.29 is 87.3 Å². The number of carbonyl (C=O) groups is 12. The van der Waals surface area contributed by atoms with Crippen molar-refractivity contribution in [3.05, 3.63) is 23.3 Å². The number of aromatic nitrogens is 1. The van der Waals surface area contributed by atoms with E-state index in [1.807, 2.05) is 0 Å². The molecule has 29 heteroatoms. The van der Waals surface area contributed by atoms with Crippen LogP contribution in [0.15, 0.2) is 17.2 Å². The number of hydrogen-bond donors (Lipinski definition) is 13. The number of primary amides is 1. The van der Waals surface area contributed by atoms with Gasteiger partial charge in [0.1, 0.15) is 34.7 Å². The maximum Gasteiger partial charge on any atom is 0.304 e. The second kappa shape index (κ2) is 32.6. The number of fused-ring (bicyclic) bond motifs is 5. The number of Topliss-reactive ketones (excluding diaryl/α,β-unsaturated/α-hetero) is 3.